The Balaban J connectivity index is 3.93. The summed E-state index contributed by atoms with van der Waals surface area (Å²) < 4.78 is 0. The fraction of sp³-hybridized carbons (Fsp3) is 0.923. The first-order valence-electron chi connectivity index (χ1n) is 6.51. The molecule has 0 unspecified atom stereocenters. The molecule has 2 N–H and O–H groups in total. The van der Waals surface area contributed by atoms with Crippen LogP contribution in [0.3, 0.4) is 0 Å². The van der Waals surface area contributed by atoms with E-state index < -0.39 is 5.60 Å². The lowest BCUT2D eigenvalue weighted by molar-refractivity contribution is 0.0480. The molecule has 0 spiro atoms. The average molecular weight is 244 g/mol. The van der Waals surface area contributed by atoms with Gasteiger partial charge in [-0.25, -0.2) is 4.79 Å². The number of carbonyl (C=O) groups is 1. The summed E-state index contributed by atoms with van der Waals surface area (Å²) in [6.07, 6.45) is 2.13. The molecule has 0 saturated heterocycles. The van der Waals surface area contributed by atoms with Gasteiger partial charge in [0.25, 0.3) is 0 Å². The van der Waals surface area contributed by atoms with E-state index in [9.17, 15) is 9.90 Å². The highest BCUT2D eigenvalue weighted by Crippen LogP contribution is 2.05. The van der Waals surface area contributed by atoms with Gasteiger partial charge in [-0.05, 0) is 39.5 Å². The lowest BCUT2D eigenvalue weighted by Crippen LogP contribution is -2.47. The molecule has 0 saturated carbocycles. The van der Waals surface area contributed by atoms with Crippen molar-refractivity contribution in [1.82, 2.24) is 10.2 Å². The number of carbonyl (C=O) groups excluding carboxylic acids is 1. The molecule has 2 amide bonds. The van der Waals surface area contributed by atoms with Gasteiger partial charge in [-0.1, -0.05) is 13.8 Å². The van der Waals surface area contributed by atoms with Crippen LogP contribution in [0.15, 0.2) is 0 Å². The second kappa shape index (κ2) is 7.54. The summed E-state index contributed by atoms with van der Waals surface area (Å²) >= 11 is 0. The Hall–Kier alpha value is -0.770. The topological polar surface area (TPSA) is 52.6 Å². The normalized spacial score (nSPS) is 11.7. The monoisotopic (exact) mass is 244 g/mol. The maximum Gasteiger partial charge on any atom is 0.317 e. The Morgan fingerprint density at radius 1 is 1.41 bits per heavy atom. The standard InChI is InChI=1S/C13H28N2O2/c1-6-15(10-13(4,5)17)12(16)14-9-7-8-11(2)3/h11,17H,6-10H2,1-5H3,(H,14,16). The van der Waals surface area contributed by atoms with Crippen molar-refractivity contribution in [3.05, 3.63) is 0 Å². The molecular weight excluding hydrogens is 216 g/mol. The van der Waals surface area contributed by atoms with E-state index in [0.717, 1.165) is 12.8 Å². The molecule has 102 valence electrons. The molecule has 0 radical (unpaired) electrons. The Morgan fingerprint density at radius 3 is 2.41 bits per heavy atom. The number of hydrogen-bond acceptors (Lipinski definition) is 2. The van der Waals surface area contributed by atoms with Gasteiger partial charge in [0.15, 0.2) is 0 Å². The van der Waals surface area contributed by atoms with Crippen LogP contribution in [-0.4, -0.2) is 41.3 Å². The lowest BCUT2D eigenvalue weighted by Gasteiger charge is -2.28. The Morgan fingerprint density at radius 2 is 2.00 bits per heavy atom. The van der Waals surface area contributed by atoms with E-state index in [1.165, 1.54) is 0 Å². The fourth-order valence-corrected chi connectivity index (χ4v) is 1.61. The molecule has 0 fully saturated rings. The minimum atomic E-state index is -0.842. The molecule has 0 aliphatic rings. The number of urea groups is 1. The molecule has 4 nitrogen and oxygen atoms in total. The Labute approximate surface area is 105 Å². The van der Waals surface area contributed by atoms with E-state index in [2.05, 4.69) is 19.2 Å². The summed E-state index contributed by atoms with van der Waals surface area (Å²) in [5, 5.41) is 12.6. The highest BCUT2D eigenvalue weighted by molar-refractivity contribution is 5.74. The fourth-order valence-electron chi connectivity index (χ4n) is 1.61. The van der Waals surface area contributed by atoms with Crippen LogP contribution < -0.4 is 5.32 Å². The molecule has 0 rings (SSSR count). The van der Waals surface area contributed by atoms with Crippen molar-refractivity contribution in [2.75, 3.05) is 19.6 Å². The smallest absolute Gasteiger partial charge is 0.317 e. The Kier molecular flexibility index (Phi) is 7.19. The van der Waals surface area contributed by atoms with Crippen molar-refractivity contribution in [1.29, 1.82) is 0 Å². The molecular formula is C13H28N2O2. The van der Waals surface area contributed by atoms with Gasteiger partial charge in [-0.15, -0.1) is 0 Å². The summed E-state index contributed by atoms with van der Waals surface area (Å²) in [7, 11) is 0. The van der Waals surface area contributed by atoms with Crippen LogP contribution in [0, 0.1) is 5.92 Å². The van der Waals surface area contributed by atoms with Gasteiger partial charge in [0.2, 0.25) is 0 Å². The van der Waals surface area contributed by atoms with Gasteiger partial charge in [-0.2, -0.15) is 0 Å². The van der Waals surface area contributed by atoms with E-state index in [1.807, 2.05) is 6.92 Å². The quantitative estimate of drug-likeness (QED) is 0.675. The molecule has 0 aromatic carbocycles. The first-order chi connectivity index (χ1) is 7.76. The number of nitrogens with one attached hydrogen (secondary N) is 1. The third-order valence-electron chi connectivity index (χ3n) is 2.48. The van der Waals surface area contributed by atoms with E-state index >= 15 is 0 Å². The third kappa shape index (κ3) is 8.98. The summed E-state index contributed by atoms with van der Waals surface area (Å²) in [6, 6.07) is -0.0848. The van der Waals surface area contributed by atoms with E-state index in [4.69, 9.17) is 0 Å². The maximum absolute atomic E-state index is 11.8. The second-order valence-electron chi connectivity index (χ2n) is 5.59. The summed E-state index contributed by atoms with van der Waals surface area (Å²) in [5.74, 6) is 0.672. The first-order valence-corrected chi connectivity index (χ1v) is 6.51. The largest absolute Gasteiger partial charge is 0.389 e. The van der Waals surface area contributed by atoms with Gasteiger partial charge >= 0.3 is 6.03 Å². The minimum absolute atomic E-state index is 0.0848. The molecule has 0 heterocycles. The number of rotatable bonds is 7. The van der Waals surface area contributed by atoms with E-state index in [1.54, 1.807) is 18.7 Å². The van der Waals surface area contributed by atoms with Crippen LogP contribution in [0.25, 0.3) is 0 Å². The third-order valence-corrected chi connectivity index (χ3v) is 2.48. The predicted octanol–water partition coefficient (Wildman–Crippen LogP) is 2.22. The van der Waals surface area contributed by atoms with Gasteiger partial charge in [-0.3, -0.25) is 0 Å². The van der Waals surface area contributed by atoms with Crippen molar-refractivity contribution >= 4 is 6.03 Å². The van der Waals surface area contributed by atoms with Crippen molar-refractivity contribution in [2.45, 2.75) is 53.1 Å². The maximum atomic E-state index is 11.8. The van der Waals surface area contributed by atoms with Crippen LogP contribution >= 0.6 is 0 Å². The van der Waals surface area contributed by atoms with Crippen LogP contribution in [0.2, 0.25) is 0 Å². The zero-order chi connectivity index (χ0) is 13.5. The molecule has 0 atom stereocenters. The summed E-state index contributed by atoms with van der Waals surface area (Å²) in [5.41, 5.74) is -0.842. The highest BCUT2D eigenvalue weighted by Gasteiger charge is 2.20. The van der Waals surface area contributed by atoms with Gasteiger partial charge in [0.1, 0.15) is 0 Å². The number of aliphatic hydroxyl groups is 1. The van der Waals surface area contributed by atoms with Crippen molar-refractivity contribution in [3.8, 4) is 0 Å². The van der Waals surface area contributed by atoms with Gasteiger partial charge in [0, 0.05) is 13.1 Å². The number of amides is 2. The van der Waals surface area contributed by atoms with Crippen molar-refractivity contribution in [3.63, 3.8) is 0 Å². The summed E-state index contributed by atoms with van der Waals surface area (Å²) in [4.78, 5) is 13.4. The lowest BCUT2D eigenvalue weighted by atomic mass is 10.1. The Bertz CT molecular complexity index is 222. The molecule has 0 aromatic heterocycles. The van der Waals surface area contributed by atoms with E-state index in [0.29, 0.717) is 25.6 Å². The van der Waals surface area contributed by atoms with Crippen molar-refractivity contribution in [2.24, 2.45) is 5.92 Å². The molecule has 0 aliphatic heterocycles. The molecule has 0 bridgehead atoms. The molecule has 0 aromatic rings. The summed E-state index contributed by atoms with van der Waals surface area (Å²) in [6.45, 7) is 11.4. The van der Waals surface area contributed by atoms with Crippen LogP contribution in [0.4, 0.5) is 4.79 Å². The minimum Gasteiger partial charge on any atom is -0.389 e. The number of likely N-dealkylation sites (N-methyl/N-ethyl adjacent to an activating group) is 1. The zero-order valence-corrected chi connectivity index (χ0v) is 11.9. The zero-order valence-electron chi connectivity index (χ0n) is 11.9. The second-order valence-corrected chi connectivity index (χ2v) is 5.59. The SMILES string of the molecule is CCN(CC(C)(C)O)C(=O)NCCCC(C)C. The van der Waals surface area contributed by atoms with Crippen molar-refractivity contribution < 1.29 is 9.90 Å². The van der Waals surface area contributed by atoms with Crippen LogP contribution in [0.1, 0.15) is 47.5 Å². The first kappa shape index (κ1) is 16.2. The number of nitrogens with zero attached hydrogens (tertiary/aromatic N) is 1. The van der Waals surface area contributed by atoms with E-state index in [-0.39, 0.29) is 6.03 Å². The number of hydrogen-bond donors (Lipinski definition) is 2. The average Bonchev–Trinajstić information content (AvgIpc) is 2.19. The predicted molar refractivity (Wildman–Crippen MR) is 71.0 cm³/mol. The molecule has 4 heteroatoms. The highest BCUT2D eigenvalue weighted by atomic mass is 16.3. The van der Waals surface area contributed by atoms with Gasteiger partial charge in [0.05, 0.1) is 12.1 Å². The molecule has 17 heavy (non-hydrogen) atoms. The van der Waals surface area contributed by atoms with Crippen LogP contribution in [0.5, 0.6) is 0 Å². The molecule has 0 aliphatic carbocycles. The van der Waals surface area contributed by atoms with Crippen LogP contribution in [-0.2, 0) is 0 Å². The van der Waals surface area contributed by atoms with Gasteiger partial charge < -0.3 is 15.3 Å².